The van der Waals surface area contributed by atoms with Gasteiger partial charge >= 0.3 is 0 Å². The molecule has 3 rings (SSSR count). The molecule has 1 saturated heterocycles. The van der Waals surface area contributed by atoms with Gasteiger partial charge in [-0.2, -0.15) is 4.31 Å². The van der Waals surface area contributed by atoms with E-state index < -0.39 is 15.9 Å². The van der Waals surface area contributed by atoms with E-state index in [4.69, 9.17) is 5.73 Å². The Hall–Kier alpha value is -2.71. The Bertz CT molecular complexity index is 1040. The third-order valence-corrected chi connectivity index (χ3v) is 7.72. The SMILES string of the molecule is CN(Cc1cccc(C(N)=O)c1)C(=O)CCc1ccc(S(=O)(=O)N2CCCCCC2)cc1. The predicted molar refractivity (Wildman–Crippen MR) is 123 cm³/mol. The van der Waals surface area contributed by atoms with Gasteiger partial charge in [-0.3, -0.25) is 9.59 Å². The standard InChI is InChI=1S/C24H31N3O4S/c1-26(18-20-7-6-8-21(17-20)24(25)29)23(28)14-11-19-9-12-22(13-10-19)32(30,31)27-15-4-2-3-5-16-27/h6-10,12-13,17H,2-5,11,14-16,18H2,1H3,(H2,25,29). The quantitative estimate of drug-likeness (QED) is 0.658. The van der Waals surface area contributed by atoms with Crippen LogP contribution in [0.1, 0.15) is 53.6 Å². The topological polar surface area (TPSA) is 101 Å². The molecule has 0 radical (unpaired) electrons. The number of nitrogens with zero attached hydrogens (tertiary/aromatic N) is 2. The number of primary amides is 1. The van der Waals surface area contributed by atoms with Gasteiger partial charge in [0.05, 0.1) is 4.90 Å². The molecule has 2 aromatic carbocycles. The summed E-state index contributed by atoms with van der Waals surface area (Å²) in [5.74, 6) is -0.530. The third kappa shape index (κ3) is 6.17. The first-order valence-corrected chi connectivity index (χ1v) is 12.4. The summed E-state index contributed by atoms with van der Waals surface area (Å²) in [6.07, 6.45) is 4.78. The molecule has 7 nitrogen and oxygen atoms in total. The number of hydrogen-bond acceptors (Lipinski definition) is 4. The van der Waals surface area contributed by atoms with Crippen molar-refractivity contribution in [1.82, 2.24) is 9.21 Å². The van der Waals surface area contributed by atoms with Gasteiger partial charge in [0.2, 0.25) is 21.8 Å². The molecule has 1 heterocycles. The van der Waals surface area contributed by atoms with Gasteiger partial charge in [-0.05, 0) is 54.7 Å². The van der Waals surface area contributed by atoms with Crippen LogP contribution in [0.4, 0.5) is 0 Å². The molecule has 1 fully saturated rings. The Morgan fingerprint density at radius 1 is 0.969 bits per heavy atom. The minimum Gasteiger partial charge on any atom is -0.366 e. The van der Waals surface area contributed by atoms with Crippen LogP contribution >= 0.6 is 0 Å². The fourth-order valence-corrected chi connectivity index (χ4v) is 5.40. The van der Waals surface area contributed by atoms with Gasteiger partial charge in [-0.1, -0.05) is 37.1 Å². The summed E-state index contributed by atoms with van der Waals surface area (Å²) >= 11 is 0. The molecule has 2 amide bonds. The number of amides is 2. The minimum atomic E-state index is -3.47. The van der Waals surface area contributed by atoms with Gasteiger partial charge in [0.1, 0.15) is 0 Å². The molecule has 0 aliphatic carbocycles. The van der Waals surface area contributed by atoms with Crippen molar-refractivity contribution in [2.24, 2.45) is 5.73 Å². The van der Waals surface area contributed by atoms with Crippen LogP contribution in [-0.2, 0) is 27.8 Å². The molecule has 2 aromatic rings. The van der Waals surface area contributed by atoms with Crippen molar-refractivity contribution in [1.29, 1.82) is 0 Å². The molecular weight excluding hydrogens is 426 g/mol. The Kier molecular flexibility index (Phi) is 8.04. The Morgan fingerprint density at radius 2 is 1.62 bits per heavy atom. The first-order chi connectivity index (χ1) is 15.3. The zero-order valence-corrected chi connectivity index (χ0v) is 19.3. The van der Waals surface area contributed by atoms with Crippen molar-refractivity contribution < 1.29 is 18.0 Å². The number of nitrogens with two attached hydrogens (primary N) is 1. The number of carbonyl (C=O) groups is 2. The van der Waals surface area contributed by atoms with E-state index in [1.807, 2.05) is 6.07 Å². The molecule has 0 aromatic heterocycles. The number of rotatable bonds is 8. The lowest BCUT2D eigenvalue weighted by molar-refractivity contribution is -0.130. The molecule has 1 aliphatic heterocycles. The monoisotopic (exact) mass is 457 g/mol. The summed E-state index contributed by atoms with van der Waals surface area (Å²) in [6, 6.07) is 13.8. The molecule has 0 saturated carbocycles. The van der Waals surface area contributed by atoms with Gasteiger partial charge in [0.15, 0.2) is 0 Å². The lowest BCUT2D eigenvalue weighted by atomic mass is 10.1. The van der Waals surface area contributed by atoms with Gasteiger partial charge in [0.25, 0.3) is 0 Å². The van der Waals surface area contributed by atoms with E-state index in [1.165, 1.54) is 0 Å². The Balaban J connectivity index is 1.55. The molecule has 0 bridgehead atoms. The van der Waals surface area contributed by atoms with Crippen molar-refractivity contribution in [3.05, 3.63) is 65.2 Å². The maximum Gasteiger partial charge on any atom is 0.248 e. The van der Waals surface area contributed by atoms with Crippen molar-refractivity contribution in [3.63, 3.8) is 0 Å². The van der Waals surface area contributed by atoms with E-state index in [-0.39, 0.29) is 5.91 Å². The number of carbonyl (C=O) groups excluding carboxylic acids is 2. The molecule has 0 unspecified atom stereocenters. The average Bonchev–Trinajstić information content (AvgIpc) is 3.08. The van der Waals surface area contributed by atoms with E-state index in [0.29, 0.717) is 42.9 Å². The molecule has 2 N–H and O–H groups in total. The van der Waals surface area contributed by atoms with Crippen molar-refractivity contribution in [2.45, 2.75) is 50.0 Å². The van der Waals surface area contributed by atoms with Gasteiger partial charge in [-0.25, -0.2) is 8.42 Å². The van der Waals surface area contributed by atoms with Gasteiger partial charge in [-0.15, -0.1) is 0 Å². The number of hydrogen-bond donors (Lipinski definition) is 1. The van der Waals surface area contributed by atoms with Crippen LogP contribution in [0.25, 0.3) is 0 Å². The number of aryl methyl sites for hydroxylation is 1. The van der Waals surface area contributed by atoms with Gasteiger partial charge < -0.3 is 10.6 Å². The maximum absolute atomic E-state index is 12.9. The zero-order valence-electron chi connectivity index (χ0n) is 18.5. The van der Waals surface area contributed by atoms with Crippen molar-refractivity contribution in [2.75, 3.05) is 20.1 Å². The van der Waals surface area contributed by atoms with Crippen LogP contribution in [0, 0.1) is 0 Å². The van der Waals surface area contributed by atoms with E-state index in [0.717, 1.165) is 36.8 Å². The lowest BCUT2D eigenvalue weighted by Gasteiger charge is -2.20. The molecule has 172 valence electrons. The molecule has 32 heavy (non-hydrogen) atoms. The first-order valence-electron chi connectivity index (χ1n) is 11.0. The van der Waals surface area contributed by atoms with Crippen LogP contribution < -0.4 is 5.73 Å². The molecule has 0 spiro atoms. The first kappa shape index (κ1) is 23.9. The second-order valence-corrected chi connectivity index (χ2v) is 10.2. The summed E-state index contributed by atoms with van der Waals surface area (Å²) in [5.41, 5.74) is 7.48. The number of sulfonamides is 1. The predicted octanol–water partition coefficient (Wildman–Crippen LogP) is 2.94. The van der Waals surface area contributed by atoms with E-state index in [1.54, 1.807) is 58.7 Å². The zero-order chi connectivity index (χ0) is 23.1. The summed E-state index contributed by atoms with van der Waals surface area (Å²) in [4.78, 5) is 25.8. The largest absolute Gasteiger partial charge is 0.366 e. The van der Waals surface area contributed by atoms with Crippen LogP contribution in [0.5, 0.6) is 0 Å². The smallest absolute Gasteiger partial charge is 0.248 e. The van der Waals surface area contributed by atoms with E-state index >= 15 is 0 Å². The average molecular weight is 458 g/mol. The van der Waals surface area contributed by atoms with Gasteiger partial charge in [0, 0.05) is 38.7 Å². The van der Waals surface area contributed by atoms with Crippen molar-refractivity contribution in [3.8, 4) is 0 Å². The van der Waals surface area contributed by atoms with Crippen molar-refractivity contribution >= 4 is 21.8 Å². The fraction of sp³-hybridized carbons (Fsp3) is 0.417. The van der Waals surface area contributed by atoms with Crippen LogP contribution in [0.2, 0.25) is 0 Å². The van der Waals surface area contributed by atoms with Crippen LogP contribution in [0.3, 0.4) is 0 Å². The Labute approximate surface area is 190 Å². The van der Waals surface area contributed by atoms with E-state index in [9.17, 15) is 18.0 Å². The third-order valence-electron chi connectivity index (χ3n) is 5.81. The molecule has 0 atom stereocenters. The maximum atomic E-state index is 12.9. The van der Waals surface area contributed by atoms with E-state index in [2.05, 4.69) is 0 Å². The second kappa shape index (κ2) is 10.7. The lowest BCUT2D eigenvalue weighted by Crippen LogP contribution is -2.31. The summed E-state index contributed by atoms with van der Waals surface area (Å²) < 4.78 is 27.3. The number of benzene rings is 2. The molecule has 8 heteroatoms. The Morgan fingerprint density at radius 3 is 2.25 bits per heavy atom. The minimum absolute atomic E-state index is 0.0317. The highest BCUT2D eigenvalue weighted by Crippen LogP contribution is 2.21. The fourth-order valence-electron chi connectivity index (χ4n) is 3.89. The second-order valence-electron chi connectivity index (χ2n) is 8.28. The highest BCUT2D eigenvalue weighted by molar-refractivity contribution is 7.89. The summed E-state index contributed by atoms with van der Waals surface area (Å²) in [5, 5.41) is 0. The molecular formula is C24H31N3O4S. The normalized spacial score (nSPS) is 15.2. The highest BCUT2D eigenvalue weighted by atomic mass is 32.2. The molecule has 1 aliphatic rings. The summed E-state index contributed by atoms with van der Waals surface area (Å²) in [6.45, 7) is 1.54. The summed E-state index contributed by atoms with van der Waals surface area (Å²) in [7, 11) is -1.75. The van der Waals surface area contributed by atoms with Crippen LogP contribution in [0.15, 0.2) is 53.4 Å². The highest BCUT2D eigenvalue weighted by Gasteiger charge is 2.25. The van der Waals surface area contributed by atoms with Crippen LogP contribution in [-0.4, -0.2) is 49.6 Å².